The van der Waals surface area contributed by atoms with E-state index in [9.17, 15) is 4.79 Å². The second kappa shape index (κ2) is 5.65. The van der Waals surface area contributed by atoms with Crippen LogP contribution >= 0.6 is 15.9 Å². The van der Waals surface area contributed by atoms with E-state index in [0.717, 1.165) is 5.75 Å². The minimum absolute atomic E-state index is 0.195. The van der Waals surface area contributed by atoms with Crippen LogP contribution in [0, 0.1) is 0 Å². The predicted molar refractivity (Wildman–Crippen MR) is 57.0 cm³/mol. The van der Waals surface area contributed by atoms with E-state index in [2.05, 4.69) is 15.9 Å². The highest BCUT2D eigenvalue weighted by molar-refractivity contribution is 9.09. The van der Waals surface area contributed by atoms with Crippen LogP contribution in [0.25, 0.3) is 0 Å². The molecular formula is C10H11BrO3. The number of rotatable bonds is 4. The SMILES string of the molecule is CCOc1ccc(OC(=O)CBr)cc1. The van der Waals surface area contributed by atoms with Crippen molar-refractivity contribution in [3.05, 3.63) is 24.3 Å². The minimum Gasteiger partial charge on any atom is -0.494 e. The molecule has 0 aliphatic carbocycles. The first kappa shape index (κ1) is 11.0. The van der Waals surface area contributed by atoms with Gasteiger partial charge in [0.05, 0.1) is 6.61 Å². The molecule has 1 rings (SSSR count). The Balaban J connectivity index is 2.59. The van der Waals surface area contributed by atoms with Crippen molar-refractivity contribution in [1.82, 2.24) is 0 Å². The van der Waals surface area contributed by atoms with Crippen LogP contribution in [0.2, 0.25) is 0 Å². The van der Waals surface area contributed by atoms with Gasteiger partial charge in [-0.25, -0.2) is 0 Å². The Morgan fingerprint density at radius 3 is 2.36 bits per heavy atom. The molecule has 0 unspecified atom stereocenters. The van der Waals surface area contributed by atoms with Crippen LogP contribution < -0.4 is 9.47 Å². The Morgan fingerprint density at radius 1 is 1.29 bits per heavy atom. The van der Waals surface area contributed by atoms with Gasteiger partial charge < -0.3 is 9.47 Å². The van der Waals surface area contributed by atoms with E-state index in [1.54, 1.807) is 24.3 Å². The van der Waals surface area contributed by atoms with Gasteiger partial charge in [0.25, 0.3) is 0 Å². The zero-order valence-corrected chi connectivity index (χ0v) is 9.41. The summed E-state index contributed by atoms with van der Waals surface area (Å²) >= 11 is 3.01. The van der Waals surface area contributed by atoms with Crippen LogP contribution in [0.3, 0.4) is 0 Å². The number of ether oxygens (including phenoxy) is 2. The van der Waals surface area contributed by atoms with Gasteiger partial charge >= 0.3 is 5.97 Å². The van der Waals surface area contributed by atoms with E-state index in [-0.39, 0.29) is 11.3 Å². The molecule has 76 valence electrons. The molecular weight excluding hydrogens is 248 g/mol. The molecule has 0 radical (unpaired) electrons. The molecule has 0 aliphatic heterocycles. The zero-order valence-electron chi connectivity index (χ0n) is 7.83. The van der Waals surface area contributed by atoms with Gasteiger partial charge in [-0.15, -0.1) is 0 Å². The number of halogens is 1. The number of benzene rings is 1. The molecule has 0 saturated carbocycles. The number of hydrogen-bond donors (Lipinski definition) is 0. The molecule has 0 N–H and O–H groups in total. The Labute approximate surface area is 91.1 Å². The Kier molecular flexibility index (Phi) is 4.46. The fourth-order valence-corrected chi connectivity index (χ4v) is 1.04. The average molecular weight is 259 g/mol. The average Bonchev–Trinajstić information content (AvgIpc) is 2.21. The summed E-state index contributed by atoms with van der Waals surface area (Å²) in [5.74, 6) is 0.984. The molecule has 4 heteroatoms. The molecule has 1 aromatic carbocycles. The van der Waals surface area contributed by atoms with Gasteiger partial charge in [0.15, 0.2) is 0 Å². The lowest BCUT2D eigenvalue weighted by molar-refractivity contribution is -0.131. The first-order valence-corrected chi connectivity index (χ1v) is 5.38. The van der Waals surface area contributed by atoms with Crippen LogP contribution in [-0.4, -0.2) is 17.9 Å². The fraction of sp³-hybridized carbons (Fsp3) is 0.300. The lowest BCUT2D eigenvalue weighted by atomic mass is 10.3. The molecule has 0 atom stereocenters. The summed E-state index contributed by atoms with van der Waals surface area (Å²) < 4.78 is 10.2. The summed E-state index contributed by atoms with van der Waals surface area (Å²) in [6, 6.07) is 6.93. The predicted octanol–water partition coefficient (Wildman–Crippen LogP) is 2.39. The third-order valence-corrected chi connectivity index (χ3v) is 1.93. The summed E-state index contributed by atoms with van der Waals surface area (Å²) in [5, 5.41) is 0.195. The summed E-state index contributed by atoms with van der Waals surface area (Å²) in [7, 11) is 0. The first-order valence-electron chi connectivity index (χ1n) is 4.25. The molecule has 0 spiro atoms. The van der Waals surface area contributed by atoms with Crippen molar-refractivity contribution in [2.45, 2.75) is 6.92 Å². The third kappa shape index (κ3) is 3.38. The van der Waals surface area contributed by atoms with Gasteiger partial charge in [-0.1, -0.05) is 15.9 Å². The van der Waals surface area contributed by atoms with Crippen molar-refractivity contribution >= 4 is 21.9 Å². The van der Waals surface area contributed by atoms with Crippen molar-refractivity contribution < 1.29 is 14.3 Å². The van der Waals surface area contributed by atoms with E-state index in [0.29, 0.717) is 12.4 Å². The monoisotopic (exact) mass is 258 g/mol. The van der Waals surface area contributed by atoms with Crippen LogP contribution in [0.15, 0.2) is 24.3 Å². The van der Waals surface area contributed by atoms with Crippen molar-refractivity contribution in [3.8, 4) is 11.5 Å². The van der Waals surface area contributed by atoms with E-state index >= 15 is 0 Å². The smallest absolute Gasteiger partial charge is 0.321 e. The van der Waals surface area contributed by atoms with Gasteiger partial charge in [0, 0.05) is 0 Å². The molecule has 0 aliphatic rings. The standard InChI is InChI=1S/C10H11BrO3/c1-2-13-8-3-5-9(6-4-8)14-10(12)7-11/h3-6H,2,7H2,1H3. The fourth-order valence-electron chi connectivity index (χ4n) is 0.929. The second-order valence-corrected chi connectivity index (χ2v) is 3.07. The highest BCUT2D eigenvalue weighted by atomic mass is 79.9. The van der Waals surface area contributed by atoms with E-state index in [1.807, 2.05) is 6.92 Å². The lowest BCUT2D eigenvalue weighted by Gasteiger charge is -2.04. The van der Waals surface area contributed by atoms with Gasteiger partial charge in [-0.05, 0) is 31.2 Å². The van der Waals surface area contributed by atoms with Crippen molar-refractivity contribution in [1.29, 1.82) is 0 Å². The lowest BCUT2D eigenvalue weighted by Crippen LogP contribution is -2.08. The number of hydrogen-bond acceptors (Lipinski definition) is 3. The molecule has 0 bridgehead atoms. The Hall–Kier alpha value is -1.03. The molecule has 0 amide bonds. The van der Waals surface area contributed by atoms with Gasteiger partial charge in [0.1, 0.15) is 16.8 Å². The molecule has 0 fully saturated rings. The maximum Gasteiger partial charge on any atom is 0.321 e. The summed E-state index contributed by atoms with van der Waals surface area (Å²) in [4.78, 5) is 10.9. The summed E-state index contributed by atoms with van der Waals surface area (Å²) in [6.45, 7) is 2.54. The van der Waals surface area contributed by atoms with Crippen LogP contribution in [0.5, 0.6) is 11.5 Å². The van der Waals surface area contributed by atoms with E-state index in [1.165, 1.54) is 0 Å². The van der Waals surface area contributed by atoms with Crippen molar-refractivity contribution in [2.24, 2.45) is 0 Å². The maximum absolute atomic E-state index is 10.9. The largest absolute Gasteiger partial charge is 0.494 e. The van der Waals surface area contributed by atoms with Crippen LogP contribution in [0.1, 0.15) is 6.92 Å². The molecule has 0 saturated heterocycles. The van der Waals surface area contributed by atoms with Gasteiger partial charge in [0.2, 0.25) is 0 Å². The maximum atomic E-state index is 10.9. The highest BCUT2D eigenvalue weighted by Gasteiger charge is 2.01. The number of carbonyl (C=O) groups is 1. The van der Waals surface area contributed by atoms with E-state index < -0.39 is 0 Å². The molecule has 14 heavy (non-hydrogen) atoms. The highest BCUT2D eigenvalue weighted by Crippen LogP contribution is 2.17. The van der Waals surface area contributed by atoms with Gasteiger partial charge in [-0.2, -0.15) is 0 Å². The van der Waals surface area contributed by atoms with Gasteiger partial charge in [-0.3, -0.25) is 4.79 Å². The number of carbonyl (C=O) groups excluding carboxylic acids is 1. The van der Waals surface area contributed by atoms with Crippen LogP contribution in [-0.2, 0) is 4.79 Å². The first-order chi connectivity index (χ1) is 6.76. The Bertz CT molecular complexity index is 295. The van der Waals surface area contributed by atoms with Crippen molar-refractivity contribution in [3.63, 3.8) is 0 Å². The minimum atomic E-state index is -0.311. The summed E-state index contributed by atoms with van der Waals surface area (Å²) in [5.41, 5.74) is 0. The normalized spacial score (nSPS) is 9.57. The summed E-state index contributed by atoms with van der Waals surface area (Å²) in [6.07, 6.45) is 0. The topological polar surface area (TPSA) is 35.5 Å². The Morgan fingerprint density at radius 2 is 1.86 bits per heavy atom. The molecule has 0 aromatic heterocycles. The van der Waals surface area contributed by atoms with Crippen LogP contribution in [0.4, 0.5) is 0 Å². The third-order valence-electron chi connectivity index (χ3n) is 1.48. The second-order valence-electron chi connectivity index (χ2n) is 2.51. The molecule has 3 nitrogen and oxygen atoms in total. The van der Waals surface area contributed by atoms with Crippen molar-refractivity contribution in [2.75, 3.05) is 11.9 Å². The number of esters is 1. The number of alkyl halides is 1. The molecule has 1 aromatic rings. The zero-order chi connectivity index (χ0) is 10.4. The van der Waals surface area contributed by atoms with E-state index in [4.69, 9.17) is 9.47 Å². The molecule has 0 heterocycles. The quantitative estimate of drug-likeness (QED) is 0.473.